The fourth-order valence-electron chi connectivity index (χ4n) is 2.71. The normalized spacial score (nSPS) is 24.1. The molecule has 2 rings (SSSR count). The Hall–Kier alpha value is -1.10. The fraction of sp³-hybridized carbons (Fsp3) is 0.643. The Balaban J connectivity index is 1.89. The van der Waals surface area contributed by atoms with Crippen molar-refractivity contribution in [3.8, 4) is 0 Å². The molecule has 1 heterocycles. The lowest BCUT2D eigenvalue weighted by Gasteiger charge is -2.27. The van der Waals surface area contributed by atoms with Gasteiger partial charge in [0.05, 0.1) is 11.9 Å². The van der Waals surface area contributed by atoms with Gasteiger partial charge in [0.1, 0.15) is 0 Å². The Morgan fingerprint density at radius 3 is 2.74 bits per heavy atom. The molecule has 1 saturated carbocycles. The molecule has 0 aliphatic heterocycles. The molecule has 5 heteroatoms. The van der Waals surface area contributed by atoms with Crippen LogP contribution in [0.1, 0.15) is 32.6 Å². The summed E-state index contributed by atoms with van der Waals surface area (Å²) in [6, 6.07) is 3.34. The minimum absolute atomic E-state index is 0.129. The van der Waals surface area contributed by atoms with Crippen LogP contribution in [0.15, 0.2) is 23.4 Å². The summed E-state index contributed by atoms with van der Waals surface area (Å²) in [5.74, 6) is 1.55. The second kappa shape index (κ2) is 5.90. The zero-order chi connectivity index (χ0) is 13.9. The lowest BCUT2D eigenvalue weighted by molar-refractivity contribution is 0.293. The Kier molecular flexibility index (Phi) is 4.45. The van der Waals surface area contributed by atoms with Gasteiger partial charge in [0.25, 0.3) is 0 Å². The maximum absolute atomic E-state index is 11.3. The monoisotopic (exact) mass is 282 g/mol. The molecule has 1 aromatic heterocycles. The van der Waals surface area contributed by atoms with Gasteiger partial charge in [-0.05, 0) is 36.8 Å². The van der Waals surface area contributed by atoms with Gasteiger partial charge in [-0.15, -0.1) is 0 Å². The molecule has 0 bridgehead atoms. The molecule has 106 valence electrons. The van der Waals surface area contributed by atoms with Crippen molar-refractivity contribution in [1.29, 1.82) is 0 Å². The number of hydrogen-bond donors (Lipinski definition) is 1. The van der Waals surface area contributed by atoms with E-state index in [4.69, 9.17) is 0 Å². The maximum atomic E-state index is 11.3. The van der Waals surface area contributed by atoms with Crippen LogP contribution in [0.25, 0.3) is 0 Å². The highest BCUT2D eigenvalue weighted by Crippen LogP contribution is 2.28. The molecule has 1 aliphatic carbocycles. The van der Waals surface area contributed by atoms with Gasteiger partial charge in [-0.25, -0.2) is 13.4 Å². The quantitative estimate of drug-likeness (QED) is 0.922. The average Bonchev–Trinajstić information content (AvgIpc) is 2.36. The summed E-state index contributed by atoms with van der Waals surface area (Å²) in [5.41, 5.74) is 0.894. The fourth-order valence-corrected chi connectivity index (χ4v) is 3.27. The molecule has 1 aromatic rings. The van der Waals surface area contributed by atoms with E-state index in [1.165, 1.54) is 31.9 Å². The van der Waals surface area contributed by atoms with E-state index in [1.54, 1.807) is 18.3 Å². The van der Waals surface area contributed by atoms with Gasteiger partial charge in [-0.2, -0.15) is 0 Å². The molecule has 1 aliphatic rings. The van der Waals surface area contributed by atoms with Crippen LogP contribution in [-0.4, -0.2) is 26.2 Å². The van der Waals surface area contributed by atoms with Crippen LogP contribution >= 0.6 is 0 Å². The molecule has 19 heavy (non-hydrogen) atoms. The first-order valence-electron chi connectivity index (χ1n) is 6.85. The van der Waals surface area contributed by atoms with Crippen molar-refractivity contribution >= 4 is 15.5 Å². The zero-order valence-corrected chi connectivity index (χ0v) is 12.4. The van der Waals surface area contributed by atoms with E-state index in [2.05, 4.69) is 17.2 Å². The zero-order valence-electron chi connectivity index (χ0n) is 11.6. The molecule has 2 atom stereocenters. The van der Waals surface area contributed by atoms with Crippen molar-refractivity contribution in [2.24, 2.45) is 11.8 Å². The molecule has 4 nitrogen and oxygen atoms in total. The van der Waals surface area contributed by atoms with E-state index in [1.807, 2.05) is 0 Å². The first-order valence-corrected chi connectivity index (χ1v) is 8.74. The minimum Gasteiger partial charge on any atom is -0.384 e. The lowest BCUT2D eigenvalue weighted by Crippen LogP contribution is -2.21. The third-order valence-electron chi connectivity index (χ3n) is 3.76. The summed E-state index contributed by atoms with van der Waals surface area (Å²) in [5, 5.41) is 3.49. The second-order valence-electron chi connectivity index (χ2n) is 5.68. The smallest absolute Gasteiger partial charge is 0.192 e. The highest BCUT2D eigenvalue weighted by molar-refractivity contribution is 7.90. The number of pyridine rings is 1. The van der Waals surface area contributed by atoms with Gasteiger partial charge >= 0.3 is 0 Å². The number of sulfone groups is 1. The van der Waals surface area contributed by atoms with Gasteiger partial charge in [0.15, 0.2) is 14.9 Å². The van der Waals surface area contributed by atoms with Crippen LogP contribution in [0.5, 0.6) is 0 Å². The van der Waals surface area contributed by atoms with Crippen molar-refractivity contribution in [1.82, 2.24) is 4.98 Å². The summed E-state index contributed by atoms with van der Waals surface area (Å²) in [4.78, 5) is 3.98. The molecule has 0 saturated heterocycles. The lowest BCUT2D eigenvalue weighted by atomic mass is 9.82. The average molecular weight is 282 g/mol. The van der Waals surface area contributed by atoms with E-state index < -0.39 is 9.84 Å². The molecular formula is C14H22N2O2S. The van der Waals surface area contributed by atoms with Crippen molar-refractivity contribution in [3.63, 3.8) is 0 Å². The number of nitrogens with zero attached hydrogens (tertiary/aromatic N) is 1. The van der Waals surface area contributed by atoms with Gasteiger partial charge in [0, 0.05) is 12.8 Å². The summed E-state index contributed by atoms with van der Waals surface area (Å²) >= 11 is 0. The van der Waals surface area contributed by atoms with Crippen LogP contribution in [0.2, 0.25) is 0 Å². The van der Waals surface area contributed by atoms with E-state index >= 15 is 0 Å². The first kappa shape index (κ1) is 14.3. The van der Waals surface area contributed by atoms with E-state index in [-0.39, 0.29) is 5.03 Å². The van der Waals surface area contributed by atoms with Gasteiger partial charge in [-0.3, -0.25) is 0 Å². The first-order chi connectivity index (χ1) is 8.95. The van der Waals surface area contributed by atoms with Crippen LogP contribution in [0, 0.1) is 11.8 Å². The number of rotatable bonds is 4. The standard InChI is InChI=1S/C14H22N2O2S/c1-11-4-3-5-12(8-11)9-15-13-6-7-14(16-10-13)19(2,17)18/h6-7,10-12,15H,3-5,8-9H2,1-2H3. The molecule has 0 amide bonds. The predicted molar refractivity (Wildman–Crippen MR) is 77.0 cm³/mol. The SMILES string of the molecule is CC1CCCC(CNc2ccc(S(C)(=O)=O)nc2)C1. The predicted octanol–water partition coefficient (Wildman–Crippen LogP) is 2.72. The van der Waals surface area contributed by atoms with Crippen molar-refractivity contribution in [2.75, 3.05) is 18.1 Å². The van der Waals surface area contributed by atoms with Crippen molar-refractivity contribution in [2.45, 2.75) is 37.6 Å². The number of hydrogen-bond acceptors (Lipinski definition) is 4. The number of nitrogens with one attached hydrogen (secondary N) is 1. The van der Waals surface area contributed by atoms with E-state index in [0.29, 0.717) is 0 Å². The number of anilines is 1. The topological polar surface area (TPSA) is 59.1 Å². The Morgan fingerprint density at radius 1 is 1.37 bits per heavy atom. The maximum Gasteiger partial charge on any atom is 0.192 e. The molecule has 1 fully saturated rings. The van der Waals surface area contributed by atoms with E-state index in [9.17, 15) is 8.42 Å². The largest absolute Gasteiger partial charge is 0.384 e. The Morgan fingerprint density at radius 2 is 2.16 bits per heavy atom. The van der Waals surface area contributed by atoms with Crippen molar-refractivity contribution < 1.29 is 8.42 Å². The van der Waals surface area contributed by atoms with Crippen LogP contribution in [-0.2, 0) is 9.84 Å². The summed E-state index contributed by atoms with van der Waals surface area (Å²) in [6.07, 6.45) is 8.00. The number of aromatic nitrogens is 1. The molecule has 2 unspecified atom stereocenters. The Bertz CT molecular complexity index is 511. The summed E-state index contributed by atoms with van der Waals surface area (Å²) in [6.45, 7) is 3.26. The molecule has 1 N–H and O–H groups in total. The minimum atomic E-state index is -3.20. The second-order valence-corrected chi connectivity index (χ2v) is 7.64. The van der Waals surface area contributed by atoms with Crippen LogP contribution < -0.4 is 5.32 Å². The van der Waals surface area contributed by atoms with Crippen LogP contribution in [0.3, 0.4) is 0 Å². The summed E-state index contributed by atoms with van der Waals surface area (Å²) < 4.78 is 22.6. The highest BCUT2D eigenvalue weighted by Gasteiger charge is 2.18. The van der Waals surface area contributed by atoms with Crippen LogP contribution in [0.4, 0.5) is 5.69 Å². The highest BCUT2D eigenvalue weighted by atomic mass is 32.2. The van der Waals surface area contributed by atoms with E-state index in [0.717, 1.165) is 24.1 Å². The third kappa shape index (κ3) is 4.20. The van der Waals surface area contributed by atoms with Gasteiger partial charge in [0.2, 0.25) is 0 Å². The van der Waals surface area contributed by atoms with Gasteiger partial charge in [-0.1, -0.05) is 19.8 Å². The summed E-state index contributed by atoms with van der Waals surface area (Å²) in [7, 11) is -3.20. The third-order valence-corrected chi connectivity index (χ3v) is 4.76. The van der Waals surface area contributed by atoms with Crippen molar-refractivity contribution in [3.05, 3.63) is 18.3 Å². The molecule has 0 aromatic carbocycles. The molecule has 0 radical (unpaired) electrons. The van der Waals surface area contributed by atoms with Gasteiger partial charge < -0.3 is 5.32 Å². The molecule has 0 spiro atoms. The molecular weight excluding hydrogens is 260 g/mol. The Labute approximate surface area is 115 Å².